The van der Waals surface area contributed by atoms with Gasteiger partial charge >= 0.3 is 6.16 Å². The van der Waals surface area contributed by atoms with Crippen LogP contribution in [0, 0.1) is 47.3 Å². The number of carbonyl (C=O) groups excluding carboxylic acids is 1. The van der Waals surface area contributed by atoms with E-state index in [0.717, 1.165) is 23.7 Å². The van der Waals surface area contributed by atoms with Crippen LogP contribution in [0.5, 0.6) is 0 Å². The van der Waals surface area contributed by atoms with Crippen LogP contribution in [0.3, 0.4) is 0 Å². The van der Waals surface area contributed by atoms with E-state index in [0.29, 0.717) is 23.7 Å². The lowest BCUT2D eigenvalue weighted by Gasteiger charge is -2.46. The molecule has 0 amide bonds. The van der Waals surface area contributed by atoms with Crippen LogP contribution in [0.2, 0.25) is 0 Å². The molecule has 2 heterocycles. The summed E-state index contributed by atoms with van der Waals surface area (Å²) in [5.74, 6) is 6.42. The van der Waals surface area contributed by atoms with E-state index in [1.807, 2.05) is 0 Å². The van der Waals surface area contributed by atoms with Crippen LogP contribution in [0.15, 0.2) is 0 Å². The van der Waals surface area contributed by atoms with Crippen LogP contribution in [0.4, 0.5) is 4.79 Å². The summed E-state index contributed by atoms with van der Waals surface area (Å²) in [6.07, 6.45) is 1.56. The van der Waals surface area contributed by atoms with Crippen LogP contribution in [0.1, 0.15) is 6.42 Å². The van der Waals surface area contributed by atoms with Crippen LogP contribution in [-0.4, -0.2) is 18.4 Å². The van der Waals surface area contributed by atoms with Gasteiger partial charge in [-0.3, -0.25) is 0 Å². The van der Waals surface area contributed by atoms with Gasteiger partial charge in [0.2, 0.25) is 0 Å². The SMILES string of the molecule is O=C1OC2C3C4CC5C3C(O1)C1C5C4C21. The zero-order valence-corrected chi connectivity index (χ0v) is 8.21. The fourth-order valence-electron chi connectivity index (χ4n) is 6.93. The zero-order chi connectivity index (χ0) is 9.47. The number of hydrogen-bond acceptors (Lipinski definition) is 3. The Morgan fingerprint density at radius 3 is 1.87 bits per heavy atom. The van der Waals surface area contributed by atoms with Crippen molar-refractivity contribution in [2.45, 2.75) is 18.6 Å². The second-order valence-corrected chi connectivity index (χ2v) is 6.44. The molecule has 7 fully saturated rings. The monoisotopic (exact) mass is 204 g/mol. The topological polar surface area (TPSA) is 35.5 Å². The third kappa shape index (κ3) is 0.421. The van der Waals surface area contributed by atoms with Crippen LogP contribution in [-0.2, 0) is 9.47 Å². The first-order chi connectivity index (χ1) is 7.36. The van der Waals surface area contributed by atoms with E-state index in [-0.39, 0.29) is 18.4 Å². The van der Waals surface area contributed by atoms with E-state index in [2.05, 4.69) is 0 Å². The molecule has 2 saturated heterocycles. The molecule has 7 rings (SSSR count). The average molecular weight is 204 g/mol. The summed E-state index contributed by atoms with van der Waals surface area (Å²) in [7, 11) is 0. The Bertz CT molecular complexity index is 379. The van der Waals surface area contributed by atoms with E-state index < -0.39 is 0 Å². The Labute approximate surface area is 87.1 Å². The van der Waals surface area contributed by atoms with Gasteiger partial charge in [0, 0.05) is 23.7 Å². The van der Waals surface area contributed by atoms with E-state index >= 15 is 0 Å². The molecule has 0 aromatic rings. The maximum atomic E-state index is 11.5. The molecule has 7 aliphatic rings. The molecule has 5 aliphatic carbocycles. The van der Waals surface area contributed by atoms with Crippen molar-refractivity contribution in [3.8, 4) is 0 Å². The molecule has 3 heteroatoms. The molecule has 0 spiro atoms. The maximum absolute atomic E-state index is 11.5. The minimum absolute atomic E-state index is 0.255. The quantitative estimate of drug-likeness (QED) is 0.557. The van der Waals surface area contributed by atoms with Crippen molar-refractivity contribution in [2.75, 3.05) is 0 Å². The molecule has 0 radical (unpaired) electrons. The predicted octanol–water partition coefficient (Wildman–Crippen LogP) is 1.28. The summed E-state index contributed by atoms with van der Waals surface area (Å²) in [4.78, 5) is 11.5. The average Bonchev–Trinajstić information content (AvgIpc) is 2.58. The van der Waals surface area contributed by atoms with Crippen molar-refractivity contribution in [1.82, 2.24) is 0 Å². The molecule has 10 atom stereocenters. The Morgan fingerprint density at radius 1 is 0.800 bits per heavy atom. The summed E-state index contributed by atoms with van der Waals surface area (Å²) >= 11 is 0. The van der Waals surface area contributed by atoms with Crippen molar-refractivity contribution in [3.63, 3.8) is 0 Å². The summed E-state index contributed by atoms with van der Waals surface area (Å²) in [6.45, 7) is 0. The van der Waals surface area contributed by atoms with Crippen molar-refractivity contribution < 1.29 is 14.3 Å². The highest BCUT2D eigenvalue weighted by Crippen LogP contribution is 2.84. The predicted molar refractivity (Wildman–Crippen MR) is 47.7 cm³/mol. The Kier molecular flexibility index (Phi) is 0.725. The molecule has 2 aliphatic heterocycles. The Balaban J connectivity index is 1.70. The molecular formula is C12H12O3. The Morgan fingerprint density at radius 2 is 1.33 bits per heavy atom. The van der Waals surface area contributed by atoms with Crippen LogP contribution < -0.4 is 0 Å². The second-order valence-electron chi connectivity index (χ2n) is 6.44. The summed E-state index contributed by atoms with van der Waals surface area (Å²) < 4.78 is 11.0. The number of fused-ring (bicyclic) bond motifs is 2. The minimum Gasteiger partial charge on any atom is -0.430 e. The van der Waals surface area contributed by atoms with E-state index in [4.69, 9.17) is 9.47 Å². The normalized spacial score (nSPS) is 78.3. The molecule has 0 aromatic carbocycles. The number of hydrogen-bond donors (Lipinski definition) is 0. The molecule has 15 heavy (non-hydrogen) atoms. The highest BCUT2D eigenvalue weighted by Gasteiger charge is 2.86. The van der Waals surface area contributed by atoms with E-state index in [1.165, 1.54) is 6.42 Å². The molecule has 0 aromatic heterocycles. The molecule has 4 bridgehead atoms. The lowest BCUT2D eigenvalue weighted by atomic mass is 9.58. The van der Waals surface area contributed by atoms with Gasteiger partial charge in [-0.15, -0.1) is 0 Å². The van der Waals surface area contributed by atoms with Crippen molar-refractivity contribution in [3.05, 3.63) is 0 Å². The summed E-state index contributed by atoms with van der Waals surface area (Å²) in [5, 5.41) is 0. The molecule has 5 saturated carbocycles. The van der Waals surface area contributed by atoms with Crippen molar-refractivity contribution in [1.29, 1.82) is 0 Å². The number of ether oxygens (including phenoxy) is 2. The second kappa shape index (κ2) is 1.61. The highest BCUT2D eigenvalue weighted by atomic mass is 16.7. The Hall–Kier alpha value is -0.730. The van der Waals surface area contributed by atoms with Crippen LogP contribution in [0.25, 0.3) is 0 Å². The lowest BCUT2D eigenvalue weighted by molar-refractivity contribution is -0.0588. The molecule has 78 valence electrons. The molecule has 3 nitrogen and oxygen atoms in total. The van der Waals surface area contributed by atoms with Gasteiger partial charge in [0.05, 0.1) is 0 Å². The number of rotatable bonds is 0. The fraction of sp³-hybridized carbons (Fsp3) is 0.917. The first kappa shape index (κ1) is 6.77. The van der Waals surface area contributed by atoms with E-state index in [1.54, 1.807) is 0 Å². The molecular weight excluding hydrogens is 192 g/mol. The molecule has 10 unspecified atom stereocenters. The van der Waals surface area contributed by atoms with Gasteiger partial charge in [-0.1, -0.05) is 0 Å². The third-order valence-corrected chi connectivity index (χ3v) is 6.73. The third-order valence-electron chi connectivity index (χ3n) is 6.73. The first-order valence-electron chi connectivity index (χ1n) is 6.23. The van der Waals surface area contributed by atoms with Crippen molar-refractivity contribution >= 4 is 6.16 Å². The van der Waals surface area contributed by atoms with Gasteiger partial charge in [0.15, 0.2) is 0 Å². The first-order valence-corrected chi connectivity index (χ1v) is 6.23. The van der Waals surface area contributed by atoms with Crippen LogP contribution >= 0.6 is 0 Å². The van der Waals surface area contributed by atoms with Gasteiger partial charge in [0.25, 0.3) is 0 Å². The zero-order valence-electron chi connectivity index (χ0n) is 8.21. The number of carbonyl (C=O) groups is 1. The minimum atomic E-state index is -0.368. The highest BCUT2D eigenvalue weighted by molar-refractivity contribution is 5.62. The largest absolute Gasteiger partial charge is 0.508 e. The standard InChI is InChI=1S/C12H12O3/c13-12-14-10-6-2-1-3-5-4(2)8(10)9(5)11(15-12)7(3)6/h2-11H,1H2. The van der Waals surface area contributed by atoms with Gasteiger partial charge < -0.3 is 9.47 Å². The lowest BCUT2D eigenvalue weighted by Crippen LogP contribution is -2.50. The maximum Gasteiger partial charge on any atom is 0.508 e. The molecule has 0 N–H and O–H groups in total. The van der Waals surface area contributed by atoms with Gasteiger partial charge in [-0.05, 0) is 30.1 Å². The van der Waals surface area contributed by atoms with E-state index in [9.17, 15) is 4.79 Å². The van der Waals surface area contributed by atoms with Crippen molar-refractivity contribution in [2.24, 2.45) is 47.3 Å². The summed E-state index contributed by atoms with van der Waals surface area (Å²) in [6, 6.07) is 0. The van der Waals surface area contributed by atoms with Gasteiger partial charge in [0.1, 0.15) is 12.2 Å². The van der Waals surface area contributed by atoms with Gasteiger partial charge in [-0.2, -0.15) is 0 Å². The smallest absolute Gasteiger partial charge is 0.430 e. The fourth-order valence-corrected chi connectivity index (χ4v) is 6.93. The summed E-state index contributed by atoms with van der Waals surface area (Å²) in [5.41, 5.74) is 0. The van der Waals surface area contributed by atoms with Gasteiger partial charge in [-0.25, -0.2) is 4.79 Å².